The summed E-state index contributed by atoms with van der Waals surface area (Å²) in [6, 6.07) is 4.79. The standard InChI is InChI=1S/C29H39N5O5S/c1-18(2)14-20-16-39-24-10-5-4-8-21(24)27(36)33-22(15-26(35)34-13-7-9-23(34)29(38)32-20)28(37)30-12-6-11-25-31-19(3)17-40-25/h4-5,8,10,17-18,20,22-23H,6-7,9,11-16H2,1-3H3,(H,30,37)(H,32,38)(H,33,36)/t20-,22+,23+/m1/s1. The molecule has 2 aliphatic rings. The van der Waals surface area contributed by atoms with Gasteiger partial charge in [-0.1, -0.05) is 26.0 Å². The molecule has 40 heavy (non-hydrogen) atoms. The third-order valence-corrected chi connectivity index (χ3v) is 8.11. The van der Waals surface area contributed by atoms with E-state index in [1.807, 2.05) is 12.3 Å². The van der Waals surface area contributed by atoms with E-state index < -0.39 is 23.9 Å². The molecule has 0 aliphatic carbocycles. The summed E-state index contributed by atoms with van der Waals surface area (Å²) in [4.78, 5) is 59.3. The van der Waals surface area contributed by atoms with Crippen molar-refractivity contribution in [2.45, 2.75) is 77.4 Å². The fourth-order valence-electron chi connectivity index (χ4n) is 5.17. The van der Waals surface area contributed by atoms with Gasteiger partial charge >= 0.3 is 0 Å². The number of hydrogen-bond donors (Lipinski definition) is 3. The Bertz CT molecular complexity index is 1210. The van der Waals surface area contributed by atoms with Crippen LogP contribution in [-0.2, 0) is 20.8 Å². The Kier molecular flexibility index (Phi) is 10.1. The van der Waals surface area contributed by atoms with Crippen molar-refractivity contribution in [3.8, 4) is 5.75 Å². The van der Waals surface area contributed by atoms with Crippen molar-refractivity contribution in [1.82, 2.24) is 25.8 Å². The number of thiazole rings is 1. The first-order valence-corrected chi connectivity index (χ1v) is 14.9. The molecule has 2 aromatic rings. The van der Waals surface area contributed by atoms with E-state index in [2.05, 4.69) is 34.8 Å². The highest BCUT2D eigenvalue weighted by Gasteiger charge is 2.37. The Hall–Kier alpha value is -3.47. The summed E-state index contributed by atoms with van der Waals surface area (Å²) in [6.45, 7) is 7.06. The molecule has 4 rings (SSSR count). The fourth-order valence-corrected chi connectivity index (χ4v) is 5.99. The molecular weight excluding hydrogens is 530 g/mol. The number of rotatable bonds is 7. The molecule has 1 saturated heterocycles. The molecule has 3 heterocycles. The van der Waals surface area contributed by atoms with Crippen molar-refractivity contribution in [3.63, 3.8) is 0 Å². The highest BCUT2D eigenvalue weighted by atomic mass is 32.1. The van der Waals surface area contributed by atoms with Gasteiger partial charge in [0.05, 0.1) is 23.0 Å². The number of nitrogens with one attached hydrogen (secondary N) is 3. The predicted molar refractivity (Wildman–Crippen MR) is 152 cm³/mol. The number of carbonyl (C=O) groups is 4. The smallest absolute Gasteiger partial charge is 0.255 e. The molecule has 4 amide bonds. The van der Waals surface area contributed by atoms with Crippen molar-refractivity contribution < 1.29 is 23.9 Å². The van der Waals surface area contributed by atoms with Gasteiger partial charge in [-0.25, -0.2) is 4.98 Å². The number of amides is 4. The van der Waals surface area contributed by atoms with Crippen LogP contribution in [0.2, 0.25) is 0 Å². The van der Waals surface area contributed by atoms with Gasteiger partial charge in [0.15, 0.2) is 0 Å². The van der Waals surface area contributed by atoms with E-state index in [1.54, 1.807) is 40.5 Å². The van der Waals surface area contributed by atoms with Crippen molar-refractivity contribution in [2.75, 3.05) is 19.7 Å². The summed E-state index contributed by atoms with van der Waals surface area (Å²) in [5, 5.41) is 11.7. The molecule has 3 N–H and O–H groups in total. The molecule has 0 bridgehead atoms. The number of nitrogens with zero attached hydrogens (tertiary/aromatic N) is 2. The van der Waals surface area contributed by atoms with Crippen LogP contribution >= 0.6 is 11.3 Å². The number of hydrogen-bond acceptors (Lipinski definition) is 7. The van der Waals surface area contributed by atoms with E-state index in [0.29, 0.717) is 50.4 Å². The topological polar surface area (TPSA) is 130 Å². The second kappa shape index (κ2) is 13.7. The molecule has 0 saturated carbocycles. The molecule has 0 radical (unpaired) electrons. The van der Waals surface area contributed by atoms with Crippen molar-refractivity contribution in [1.29, 1.82) is 0 Å². The Labute approximate surface area is 239 Å². The average molecular weight is 570 g/mol. The highest BCUT2D eigenvalue weighted by Crippen LogP contribution is 2.23. The first-order chi connectivity index (χ1) is 19.2. The molecule has 10 nitrogen and oxygen atoms in total. The maximum atomic E-state index is 13.4. The molecular formula is C29H39N5O5S. The second-order valence-corrected chi connectivity index (χ2v) is 11.8. The zero-order valence-electron chi connectivity index (χ0n) is 23.4. The lowest BCUT2D eigenvalue weighted by Crippen LogP contribution is -2.53. The number of para-hydroxylation sites is 1. The van der Waals surface area contributed by atoms with Crippen LogP contribution in [0.1, 0.15) is 67.0 Å². The third kappa shape index (κ3) is 7.80. The third-order valence-electron chi connectivity index (χ3n) is 7.08. The summed E-state index contributed by atoms with van der Waals surface area (Å²) in [7, 11) is 0. The quantitative estimate of drug-likeness (QED) is 0.440. The van der Waals surface area contributed by atoms with Crippen molar-refractivity contribution >= 4 is 35.0 Å². The number of fused-ring (bicyclic) bond motifs is 2. The van der Waals surface area contributed by atoms with Crippen molar-refractivity contribution in [3.05, 3.63) is 45.9 Å². The molecule has 11 heteroatoms. The van der Waals surface area contributed by atoms with Crippen LogP contribution in [0.3, 0.4) is 0 Å². The Balaban J connectivity index is 1.53. The van der Waals surface area contributed by atoms with Crippen LogP contribution in [0.25, 0.3) is 0 Å². The lowest BCUT2D eigenvalue weighted by atomic mass is 10.0. The summed E-state index contributed by atoms with van der Waals surface area (Å²) in [5.41, 5.74) is 1.23. The van der Waals surface area contributed by atoms with Gasteiger partial charge in [-0.3, -0.25) is 19.2 Å². The van der Waals surface area contributed by atoms with Gasteiger partial charge in [-0.2, -0.15) is 0 Å². The van der Waals surface area contributed by atoms with Gasteiger partial charge in [0.25, 0.3) is 5.91 Å². The monoisotopic (exact) mass is 569 g/mol. The van der Waals surface area contributed by atoms with Gasteiger partial charge in [0.1, 0.15) is 24.4 Å². The first kappa shape index (κ1) is 29.5. The minimum Gasteiger partial charge on any atom is -0.491 e. The van der Waals surface area contributed by atoms with E-state index in [9.17, 15) is 19.2 Å². The van der Waals surface area contributed by atoms with Crippen LogP contribution < -0.4 is 20.7 Å². The Morgan fingerprint density at radius 3 is 2.77 bits per heavy atom. The maximum absolute atomic E-state index is 13.4. The molecule has 1 aromatic carbocycles. The van der Waals surface area contributed by atoms with Gasteiger partial charge in [-0.15, -0.1) is 11.3 Å². The summed E-state index contributed by atoms with van der Waals surface area (Å²) >= 11 is 1.58. The van der Waals surface area contributed by atoms with Gasteiger partial charge < -0.3 is 25.6 Å². The van der Waals surface area contributed by atoms with E-state index in [4.69, 9.17) is 4.74 Å². The lowest BCUT2D eigenvalue weighted by molar-refractivity contribution is -0.140. The van der Waals surface area contributed by atoms with Gasteiger partial charge in [0, 0.05) is 30.6 Å². The zero-order valence-corrected chi connectivity index (χ0v) is 24.2. The number of carbonyl (C=O) groups excluding carboxylic acids is 4. The minimum atomic E-state index is -1.10. The number of aromatic nitrogens is 1. The van der Waals surface area contributed by atoms with Crippen LogP contribution in [0.5, 0.6) is 5.75 Å². The number of benzene rings is 1. The largest absolute Gasteiger partial charge is 0.491 e. The van der Waals surface area contributed by atoms with Crippen LogP contribution in [-0.4, -0.2) is 71.3 Å². The summed E-state index contributed by atoms with van der Waals surface area (Å²) in [6.07, 6.45) is 3.09. The number of aryl methyl sites for hydroxylation is 2. The fraction of sp³-hybridized carbons (Fsp3) is 0.552. The molecule has 0 spiro atoms. The molecule has 3 atom stereocenters. The molecule has 0 unspecified atom stereocenters. The Morgan fingerprint density at radius 1 is 1.23 bits per heavy atom. The summed E-state index contributed by atoms with van der Waals surface area (Å²) < 4.78 is 6.05. The van der Waals surface area contributed by atoms with E-state index in [0.717, 1.165) is 17.1 Å². The molecule has 216 valence electrons. The van der Waals surface area contributed by atoms with Gasteiger partial charge in [0.2, 0.25) is 17.7 Å². The summed E-state index contributed by atoms with van der Waals surface area (Å²) in [5.74, 6) is -0.836. The average Bonchev–Trinajstić information content (AvgIpc) is 3.58. The highest BCUT2D eigenvalue weighted by molar-refractivity contribution is 7.09. The molecule has 2 aliphatic heterocycles. The maximum Gasteiger partial charge on any atom is 0.255 e. The number of ether oxygens (including phenoxy) is 1. The van der Waals surface area contributed by atoms with E-state index in [-0.39, 0.29) is 36.4 Å². The van der Waals surface area contributed by atoms with Crippen LogP contribution in [0.15, 0.2) is 29.6 Å². The lowest BCUT2D eigenvalue weighted by Gasteiger charge is -2.29. The van der Waals surface area contributed by atoms with E-state index in [1.165, 1.54) is 0 Å². The molecule has 1 fully saturated rings. The first-order valence-electron chi connectivity index (χ1n) is 14.0. The SMILES string of the molecule is Cc1csc(CCCNC(=O)[C@@H]2CC(=O)N3CCC[C@H]3C(=O)N[C@H](CC(C)C)COc3ccccc3C(=O)N2)n1. The van der Waals surface area contributed by atoms with Crippen molar-refractivity contribution in [2.24, 2.45) is 5.92 Å². The minimum absolute atomic E-state index is 0.178. The zero-order chi connectivity index (χ0) is 28.6. The van der Waals surface area contributed by atoms with Crippen LogP contribution in [0, 0.1) is 12.8 Å². The Morgan fingerprint density at radius 2 is 2.02 bits per heavy atom. The van der Waals surface area contributed by atoms with Crippen LogP contribution in [0.4, 0.5) is 0 Å². The van der Waals surface area contributed by atoms with Gasteiger partial charge in [-0.05, 0) is 50.7 Å². The van der Waals surface area contributed by atoms with E-state index >= 15 is 0 Å². The predicted octanol–water partition coefficient (Wildman–Crippen LogP) is 2.60. The normalized spacial score (nSPS) is 22.1. The molecule has 1 aromatic heterocycles. The second-order valence-electron chi connectivity index (χ2n) is 10.9.